The number of halogens is 1. The zero-order valence-electron chi connectivity index (χ0n) is 15.6. The van der Waals surface area contributed by atoms with Crippen LogP contribution in [0.5, 0.6) is 0 Å². The molecule has 1 amide bonds. The van der Waals surface area contributed by atoms with E-state index in [0.717, 1.165) is 17.5 Å². The summed E-state index contributed by atoms with van der Waals surface area (Å²) in [6, 6.07) is 18.7. The number of carbonyl (C=O) groups is 1. The van der Waals surface area contributed by atoms with Gasteiger partial charge in [0.15, 0.2) is 5.58 Å². The molecule has 1 aromatic heterocycles. The molecule has 0 aliphatic rings. The molecule has 0 saturated carbocycles. The van der Waals surface area contributed by atoms with Crippen molar-refractivity contribution < 1.29 is 9.21 Å². The number of benzene rings is 3. The van der Waals surface area contributed by atoms with Crippen molar-refractivity contribution in [1.29, 1.82) is 0 Å². The summed E-state index contributed by atoms with van der Waals surface area (Å²) >= 11 is 6.36. The summed E-state index contributed by atoms with van der Waals surface area (Å²) in [6.45, 7) is 4.09. The fourth-order valence-electron chi connectivity index (χ4n) is 3.01. The first kappa shape index (κ1) is 18.3. The summed E-state index contributed by atoms with van der Waals surface area (Å²) < 4.78 is 5.85. The molecule has 4 rings (SSSR count). The van der Waals surface area contributed by atoms with Crippen molar-refractivity contribution in [2.75, 3.05) is 5.32 Å². The van der Waals surface area contributed by atoms with Gasteiger partial charge in [0.2, 0.25) is 5.89 Å². The summed E-state index contributed by atoms with van der Waals surface area (Å²) in [7, 11) is 0. The van der Waals surface area contributed by atoms with E-state index >= 15 is 0 Å². The molecular formula is C23H19ClN2O2. The van der Waals surface area contributed by atoms with Gasteiger partial charge in [0.1, 0.15) is 5.52 Å². The summed E-state index contributed by atoms with van der Waals surface area (Å²) in [6.07, 6.45) is 0.937. The first-order valence-corrected chi connectivity index (χ1v) is 9.48. The van der Waals surface area contributed by atoms with Crippen molar-refractivity contribution in [2.45, 2.75) is 20.3 Å². The van der Waals surface area contributed by atoms with E-state index in [2.05, 4.69) is 17.2 Å². The van der Waals surface area contributed by atoms with E-state index in [4.69, 9.17) is 16.0 Å². The molecule has 0 unspecified atom stereocenters. The average Bonchev–Trinajstić information content (AvgIpc) is 3.12. The Balaban J connectivity index is 1.63. The van der Waals surface area contributed by atoms with Gasteiger partial charge in [-0.3, -0.25) is 4.79 Å². The molecule has 0 spiro atoms. The Hall–Kier alpha value is -3.11. The number of oxazole rings is 1. The normalized spacial score (nSPS) is 11.0. The molecule has 3 aromatic carbocycles. The monoisotopic (exact) mass is 390 g/mol. The number of hydrogen-bond donors (Lipinski definition) is 1. The van der Waals surface area contributed by atoms with Crippen LogP contribution in [0.25, 0.3) is 22.6 Å². The molecule has 0 atom stereocenters. The van der Waals surface area contributed by atoms with E-state index < -0.39 is 0 Å². The van der Waals surface area contributed by atoms with Crippen LogP contribution in [-0.2, 0) is 6.42 Å². The number of nitrogens with zero attached hydrogens (tertiary/aromatic N) is 1. The van der Waals surface area contributed by atoms with Gasteiger partial charge >= 0.3 is 0 Å². The average molecular weight is 391 g/mol. The highest BCUT2D eigenvalue weighted by atomic mass is 35.5. The van der Waals surface area contributed by atoms with E-state index in [0.29, 0.717) is 33.3 Å². The second-order valence-corrected chi connectivity index (χ2v) is 7.10. The SMILES string of the molecule is CCc1ccc(C(=O)Nc2ccc(Cl)c(-c3nc4cc(C)ccc4o3)c2)cc1. The van der Waals surface area contributed by atoms with Crippen molar-refractivity contribution in [3.05, 3.63) is 82.4 Å². The minimum absolute atomic E-state index is 0.177. The quantitative estimate of drug-likeness (QED) is 0.446. The summed E-state index contributed by atoms with van der Waals surface area (Å²) in [5, 5.41) is 3.42. The smallest absolute Gasteiger partial charge is 0.255 e. The maximum Gasteiger partial charge on any atom is 0.255 e. The maximum atomic E-state index is 12.5. The van der Waals surface area contributed by atoms with Crippen molar-refractivity contribution in [3.8, 4) is 11.5 Å². The Morgan fingerprint density at radius 2 is 1.86 bits per heavy atom. The first-order chi connectivity index (χ1) is 13.5. The number of rotatable bonds is 4. The molecule has 1 heterocycles. The molecule has 0 bridgehead atoms. The largest absolute Gasteiger partial charge is 0.436 e. The van der Waals surface area contributed by atoms with Crippen molar-refractivity contribution in [1.82, 2.24) is 4.98 Å². The lowest BCUT2D eigenvalue weighted by molar-refractivity contribution is 0.102. The molecule has 4 aromatic rings. The minimum Gasteiger partial charge on any atom is -0.436 e. The fraction of sp³-hybridized carbons (Fsp3) is 0.130. The van der Waals surface area contributed by atoms with Gasteiger partial charge in [-0.25, -0.2) is 4.98 Å². The summed E-state index contributed by atoms with van der Waals surface area (Å²) in [5.74, 6) is 0.248. The van der Waals surface area contributed by atoms with Crippen LogP contribution < -0.4 is 5.32 Å². The van der Waals surface area contributed by atoms with E-state index in [1.165, 1.54) is 5.56 Å². The van der Waals surface area contributed by atoms with Crippen LogP contribution in [0.1, 0.15) is 28.4 Å². The van der Waals surface area contributed by atoms with E-state index in [-0.39, 0.29) is 5.91 Å². The van der Waals surface area contributed by atoms with Crippen molar-refractivity contribution in [2.24, 2.45) is 0 Å². The van der Waals surface area contributed by atoms with Crippen LogP contribution in [0.4, 0.5) is 5.69 Å². The topological polar surface area (TPSA) is 55.1 Å². The van der Waals surface area contributed by atoms with Gasteiger partial charge in [0.25, 0.3) is 5.91 Å². The number of hydrogen-bond acceptors (Lipinski definition) is 3. The van der Waals surface area contributed by atoms with Crippen LogP contribution in [0.15, 0.2) is 65.1 Å². The molecule has 0 saturated heterocycles. The van der Waals surface area contributed by atoms with Gasteiger partial charge in [0.05, 0.1) is 10.6 Å². The van der Waals surface area contributed by atoms with Gasteiger partial charge in [-0.1, -0.05) is 36.7 Å². The van der Waals surface area contributed by atoms with Gasteiger partial charge in [0, 0.05) is 11.3 Å². The van der Waals surface area contributed by atoms with Gasteiger partial charge in [-0.15, -0.1) is 0 Å². The minimum atomic E-state index is -0.177. The first-order valence-electron chi connectivity index (χ1n) is 9.11. The third-order valence-electron chi connectivity index (χ3n) is 4.62. The molecule has 4 nitrogen and oxygen atoms in total. The lowest BCUT2D eigenvalue weighted by Crippen LogP contribution is -2.11. The molecule has 140 valence electrons. The number of amides is 1. The second-order valence-electron chi connectivity index (χ2n) is 6.69. The van der Waals surface area contributed by atoms with Crippen LogP contribution in [0, 0.1) is 6.92 Å². The zero-order chi connectivity index (χ0) is 19.7. The summed E-state index contributed by atoms with van der Waals surface area (Å²) in [5.41, 5.74) is 5.63. The highest BCUT2D eigenvalue weighted by molar-refractivity contribution is 6.33. The number of nitrogens with one attached hydrogen (secondary N) is 1. The Labute approximate surface area is 168 Å². The molecule has 0 aliphatic carbocycles. The molecule has 0 radical (unpaired) electrons. The Kier molecular flexibility index (Phi) is 4.88. The zero-order valence-corrected chi connectivity index (χ0v) is 16.4. The molecular weight excluding hydrogens is 372 g/mol. The van der Waals surface area contributed by atoms with Crippen LogP contribution >= 0.6 is 11.6 Å². The molecule has 5 heteroatoms. The Morgan fingerprint density at radius 1 is 1.07 bits per heavy atom. The third-order valence-corrected chi connectivity index (χ3v) is 4.95. The Morgan fingerprint density at radius 3 is 2.61 bits per heavy atom. The van der Waals surface area contributed by atoms with Crippen molar-refractivity contribution >= 4 is 34.3 Å². The van der Waals surface area contributed by atoms with E-state index in [9.17, 15) is 4.79 Å². The predicted octanol–water partition coefficient (Wildman–Crippen LogP) is 6.27. The Bertz CT molecular complexity index is 1160. The molecule has 1 N–H and O–H groups in total. The predicted molar refractivity (Wildman–Crippen MR) is 113 cm³/mol. The van der Waals surface area contributed by atoms with Gasteiger partial charge in [-0.05, 0) is 66.9 Å². The molecule has 0 fully saturated rings. The number of anilines is 1. The van der Waals surface area contributed by atoms with Crippen LogP contribution in [0.2, 0.25) is 5.02 Å². The number of aryl methyl sites for hydroxylation is 2. The lowest BCUT2D eigenvalue weighted by atomic mass is 10.1. The highest BCUT2D eigenvalue weighted by Crippen LogP contribution is 2.32. The standard InChI is InChI=1S/C23H19ClN2O2/c1-3-15-5-7-16(8-6-15)22(27)25-17-9-10-19(24)18(13-17)23-26-20-12-14(2)4-11-21(20)28-23/h4-13H,3H2,1-2H3,(H,25,27). The van der Waals surface area contributed by atoms with Crippen molar-refractivity contribution in [3.63, 3.8) is 0 Å². The third kappa shape index (κ3) is 3.64. The summed E-state index contributed by atoms with van der Waals surface area (Å²) in [4.78, 5) is 17.1. The molecule has 28 heavy (non-hydrogen) atoms. The number of aromatic nitrogens is 1. The fourth-order valence-corrected chi connectivity index (χ4v) is 3.21. The lowest BCUT2D eigenvalue weighted by Gasteiger charge is -2.08. The van der Waals surface area contributed by atoms with Gasteiger partial charge < -0.3 is 9.73 Å². The van der Waals surface area contributed by atoms with Gasteiger partial charge in [-0.2, -0.15) is 0 Å². The van der Waals surface area contributed by atoms with E-state index in [1.807, 2.05) is 49.4 Å². The van der Waals surface area contributed by atoms with E-state index in [1.54, 1.807) is 18.2 Å². The van der Waals surface area contributed by atoms with Crippen LogP contribution in [0.3, 0.4) is 0 Å². The molecule has 0 aliphatic heterocycles. The number of carbonyl (C=O) groups excluding carboxylic acids is 1. The van der Waals surface area contributed by atoms with Crippen LogP contribution in [-0.4, -0.2) is 10.9 Å². The highest BCUT2D eigenvalue weighted by Gasteiger charge is 2.14. The number of fused-ring (bicyclic) bond motifs is 1. The second kappa shape index (κ2) is 7.49. The maximum absolute atomic E-state index is 12.5.